The third kappa shape index (κ3) is 3.14. The van der Waals surface area contributed by atoms with Crippen LogP contribution >= 0.6 is 0 Å². The van der Waals surface area contributed by atoms with Gasteiger partial charge in [-0.3, -0.25) is 4.79 Å². The van der Waals surface area contributed by atoms with E-state index in [0.29, 0.717) is 5.39 Å². The number of esters is 1. The zero-order chi connectivity index (χ0) is 19.8. The Balaban J connectivity index is 2.44. The molecule has 27 heavy (non-hydrogen) atoms. The molecule has 0 aliphatic rings. The number of ketones is 1. The van der Waals surface area contributed by atoms with Crippen molar-refractivity contribution in [3.63, 3.8) is 0 Å². The van der Waals surface area contributed by atoms with Crippen LogP contribution in [0, 0.1) is 6.92 Å². The first-order valence-electron chi connectivity index (χ1n) is 8.42. The standard InChI is InChI=1S/C20H19NO5S/c1-4-26-20(23)19-18(14(3)22)16-7-5-6-8-17(16)21(19)27(24,25)15-11-9-13(2)10-12-15/h5-12H,4H2,1-3H3. The Morgan fingerprint density at radius 2 is 1.67 bits per heavy atom. The summed E-state index contributed by atoms with van der Waals surface area (Å²) in [6.07, 6.45) is 0. The number of aryl methyl sites for hydroxylation is 1. The molecule has 1 aromatic heterocycles. The number of aromatic nitrogens is 1. The number of fused-ring (bicyclic) bond motifs is 1. The monoisotopic (exact) mass is 385 g/mol. The largest absolute Gasteiger partial charge is 0.461 e. The third-order valence-corrected chi connectivity index (χ3v) is 5.94. The van der Waals surface area contributed by atoms with E-state index in [4.69, 9.17) is 4.74 Å². The van der Waals surface area contributed by atoms with Gasteiger partial charge in [-0.2, -0.15) is 0 Å². The van der Waals surface area contributed by atoms with E-state index in [1.54, 1.807) is 43.3 Å². The first-order chi connectivity index (χ1) is 12.8. The number of hydrogen-bond donors (Lipinski definition) is 0. The van der Waals surface area contributed by atoms with Gasteiger partial charge in [-0.1, -0.05) is 35.9 Å². The van der Waals surface area contributed by atoms with Crippen molar-refractivity contribution in [2.75, 3.05) is 6.61 Å². The van der Waals surface area contributed by atoms with Gasteiger partial charge < -0.3 is 4.74 Å². The van der Waals surface area contributed by atoms with Gasteiger partial charge in [0.15, 0.2) is 11.5 Å². The van der Waals surface area contributed by atoms with Crippen LogP contribution in [0.3, 0.4) is 0 Å². The van der Waals surface area contributed by atoms with Crippen LogP contribution in [0.5, 0.6) is 0 Å². The molecule has 0 saturated carbocycles. The molecule has 0 amide bonds. The molecule has 0 spiro atoms. The van der Waals surface area contributed by atoms with Crippen LogP contribution in [-0.4, -0.2) is 30.7 Å². The lowest BCUT2D eigenvalue weighted by atomic mass is 10.1. The van der Waals surface area contributed by atoms with Crippen molar-refractivity contribution < 1.29 is 22.7 Å². The number of ether oxygens (including phenoxy) is 1. The SMILES string of the molecule is CCOC(=O)c1c(C(C)=O)c2ccccc2n1S(=O)(=O)c1ccc(C)cc1. The van der Waals surface area contributed by atoms with Crippen molar-refractivity contribution in [3.8, 4) is 0 Å². The Morgan fingerprint density at radius 3 is 2.26 bits per heavy atom. The first-order valence-corrected chi connectivity index (χ1v) is 9.86. The summed E-state index contributed by atoms with van der Waals surface area (Å²) in [5.41, 5.74) is 0.929. The zero-order valence-electron chi connectivity index (χ0n) is 15.2. The lowest BCUT2D eigenvalue weighted by molar-refractivity contribution is 0.0515. The fourth-order valence-corrected chi connectivity index (χ4v) is 4.53. The maximum atomic E-state index is 13.4. The van der Waals surface area contributed by atoms with Crippen molar-refractivity contribution in [2.45, 2.75) is 25.7 Å². The van der Waals surface area contributed by atoms with Crippen LogP contribution in [0.15, 0.2) is 53.4 Å². The number of carbonyl (C=O) groups excluding carboxylic acids is 2. The maximum absolute atomic E-state index is 13.4. The van der Waals surface area contributed by atoms with E-state index in [1.807, 2.05) is 6.92 Å². The number of carbonyl (C=O) groups is 2. The summed E-state index contributed by atoms with van der Waals surface area (Å²) in [5, 5.41) is 0.392. The Morgan fingerprint density at radius 1 is 1.04 bits per heavy atom. The number of para-hydroxylation sites is 1. The summed E-state index contributed by atoms with van der Waals surface area (Å²) in [6, 6.07) is 12.8. The third-order valence-electron chi connectivity index (χ3n) is 4.21. The lowest BCUT2D eigenvalue weighted by Gasteiger charge is -2.12. The summed E-state index contributed by atoms with van der Waals surface area (Å²) < 4.78 is 32.7. The first kappa shape index (κ1) is 18.8. The van der Waals surface area contributed by atoms with Crippen molar-refractivity contribution in [1.82, 2.24) is 3.97 Å². The fourth-order valence-electron chi connectivity index (χ4n) is 3.02. The highest BCUT2D eigenvalue weighted by Crippen LogP contribution is 2.31. The number of benzene rings is 2. The molecule has 0 radical (unpaired) electrons. The minimum Gasteiger partial charge on any atom is -0.461 e. The second-order valence-corrected chi connectivity index (χ2v) is 7.89. The molecule has 0 aliphatic heterocycles. The Kier molecular flexibility index (Phi) is 4.89. The fraction of sp³-hybridized carbons (Fsp3) is 0.200. The van der Waals surface area contributed by atoms with Crippen LogP contribution in [0.25, 0.3) is 10.9 Å². The van der Waals surface area contributed by atoms with E-state index in [9.17, 15) is 18.0 Å². The van der Waals surface area contributed by atoms with Crippen LogP contribution in [0.2, 0.25) is 0 Å². The number of hydrogen-bond acceptors (Lipinski definition) is 5. The van der Waals surface area contributed by atoms with E-state index in [2.05, 4.69) is 0 Å². The summed E-state index contributed by atoms with van der Waals surface area (Å²) in [4.78, 5) is 24.9. The topological polar surface area (TPSA) is 82.4 Å². The van der Waals surface area contributed by atoms with Gasteiger partial charge in [0, 0.05) is 5.39 Å². The number of rotatable bonds is 5. The Hall–Kier alpha value is -2.93. The maximum Gasteiger partial charge on any atom is 0.356 e. The molecule has 0 fully saturated rings. The molecule has 0 unspecified atom stereocenters. The van der Waals surface area contributed by atoms with Crippen molar-refractivity contribution in [2.24, 2.45) is 0 Å². The van der Waals surface area contributed by atoms with Gasteiger partial charge in [-0.15, -0.1) is 0 Å². The van der Waals surface area contributed by atoms with E-state index < -0.39 is 21.8 Å². The van der Waals surface area contributed by atoms with Gasteiger partial charge >= 0.3 is 5.97 Å². The Labute approximate surface area is 157 Å². The minimum absolute atomic E-state index is 0.0227. The predicted octanol–water partition coefficient (Wildman–Crippen LogP) is 3.57. The van der Waals surface area contributed by atoms with Crippen LogP contribution in [-0.2, 0) is 14.8 Å². The smallest absolute Gasteiger partial charge is 0.356 e. The van der Waals surface area contributed by atoms with Crippen molar-refractivity contribution >= 4 is 32.7 Å². The minimum atomic E-state index is -4.13. The average Bonchev–Trinajstić information content (AvgIpc) is 2.98. The van der Waals surface area contributed by atoms with Crippen molar-refractivity contribution in [3.05, 3.63) is 65.4 Å². The van der Waals surface area contributed by atoms with Crippen LogP contribution in [0.4, 0.5) is 0 Å². The lowest BCUT2D eigenvalue weighted by Crippen LogP contribution is -2.21. The van der Waals surface area contributed by atoms with Crippen molar-refractivity contribution in [1.29, 1.82) is 0 Å². The molecule has 3 rings (SSSR count). The second-order valence-electron chi connectivity index (χ2n) is 6.10. The molecule has 0 aliphatic carbocycles. The summed E-state index contributed by atoms with van der Waals surface area (Å²) in [7, 11) is -4.13. The van der Waals surface area contributed by atoms with E-state index >= 15 is 0 Å². The average molecular weight is 385 g/mol. The summed E-state index contributed by atoms with van der Waals surface area (Å²) in [5.74, 6) is -1.26. The molecular weight excluding hydrogens is 366 g/mol. The van der Waals surface area contributed by atoms with Gasteiger partial charge in [0.1, 0.15) is 0 Å². The highest BCUT2D eigenvalue weighted by Gasteiger charge is 2.32. The van der Waals surface area contributed by atoms with Gasteiger partial charge in [0.2, 0.25) is 0 Å². The quantitative estimate of drug-likeness (QED) is 0.495. The van der Waals surface area contributed by atoms with Gasteiger partial charge in [-0.05, 0) is 39.0 Å². The molecule has 2 aromatic carbocycles. The van der Waals surface area contributed by atoms with Gasteiger partial charge in [-0.25, -0.2) is 17.2 Å². The molecule has 0 N–H and O–H groups in total. The number of Topliss-reactive ketones (excluding diaryl/α,β-unsaturated/α-hetero) is 1. The van der Waals surface area contributed by atoms with E-state index in [-0.39, 0.29) is 28.3 Å². The van der Waals surface area contributed by atoms with E-state index in [0.717, 1.165) is 9.54 Å². The Bertz CT molecular complexity index is 1140. The molecule has 1 heterocycles. The molecule has 140 valence electrons. The van der Waals surface area contributed by atoms with Gasteiger partial charge in [0.25, 0.3) is 10.0 Å². The molecule has 3 aromatic rings. The summed E-state index contributed by atoms with van der Waals surface area (Å²) >= 11 is 0. The van der Waals surface area contributed by atoms with E-state index in [1.165, 1.54) is 19.1 Å². The highest BCUT2D eigenvalue weighted by molar-refractivity contribution is 7.90. The molecule has 0 bridgehead atoms. The molecule has 0 atom stereocenters. The molecule has 6 nitrogen and oxygen atoms in total. The highest BCUT2D eigenvalue weighted by atomic mass is 32.2. The normalized spacial score (nSPS) is 11.5. The van der Waals surface area contributed by atoms with Gasteiger partial charge in [0.05, 0.1) is 22.6 Å². The second kappa shape index (κ2) is 7.00. The number of nitrogens with zero attached hydrogens (tertiary/aromatic N) is 1. The molecule has 7 heteroatoms. The molecule has 0 saturated heterocycles. The molecular formula is C20H19NO5S. The zero-order valence-corrected chi connectivity index (χ0v) is 16.0. The predicted molar refractivity (Wildman–Crippen MR) is 102 cm³/mol. The van der Waals surface area contributed by atoms with Crippen LogP contribution < -0.4 is 0 Å². The summed E-state index contributed by atoms with van der Waals surface area (Å²) in [6.45, 7) is 4.82. The van der Waals surface area contributed by atoms with Crippen LogP contribution in [0.1, 0.15) is 40.3 Å².